The van der Waals surface area contributed by atoms with E-state index in [9.17, 15) is 4.79 Å². The van der Waals surface area contributed by atoms with Crippen LogP contribution in [0.4, 0.5) is 0 Å². The van der Waals surface area contributed by atoms with E-state index in [1.807, 2.05) is 65.1 Å². The predicted molar refractivity (Wildman–Crippen MR) is 91.0 cm³/mol. The first kappa shape index (κ1) is 16.1. The lowest BCUT2D eigenvalue weighted by molar-refractivity contribution is 0.00578. The molecule has 0 amide bonds. The third kappa shape index (κ3) is 3.01. The average molecular weight is 314 g/mol. The van der Waals surface area contributed by atoms with Gasteiger partial charge in [0, 0.05) is 11.9 Å². The smallest absolute Gasteiger partial charge is 0.399 e. The number of imidazole rings is 1. The molecule has 23 heavy (non-hydrogen) atoms. The fourth-order valence-electron chi connectivity index (χ4n) is 2.70. The zero-order chi connectivity index (χ0) is 16.8. The first-order valence-corrected chi connectivity index (χ1v) is 7.88. The Labute approximate surface area is 136 Å². The highest BCUT2D eigenvalue weighted by atomic mass is 16.7. The molecule has 1 aromatic carbocycles. The molecule has 1 aliphatic heterocycles. The zero-order valence-corrected chi connectivity index (χ0v) is 14.3. The molecule has 1 saturated heterocycles. The molecule has 0 atom stereocenters. The molecule has 0 spiro atoms. The fraction of sp³-hybridized carbons (Fsp3) is 0.471. The van der Waals surface area contributed by atoms with Crippen molar-refractivity contribution in [2.75, 3.05) is 0 Å². The normalized spacial score (nSPS) is 19.3. The van der Waals surface area contributed by atoms with Crippen molar-refractivity contribution in [3.8, 4) is 0 Å². The van der Waals surface area contributed by atoms with Crippen LogP contribution in [0.15, 0.2) is 35.3 Å². The molecule has 0 aliphatic carbocycles. The molecule has 3 rings (SSSR count). The Bertz CT molecular complexity index is 760. The van der Waals surface area contributed by atoms with Crippen LogP contribution < -0.4 is 11.2 Å². The van der Waals surface area contributed by atoms with Crippen LogP contribution in [-0.2, 0) is 15.9 Å². The largest absolute Gasteiger partial charge is 0.494 e. The summed E-state index contributed by atoms with van der Waals surface area (Å²) in [7, 11) is -0.385. The topological polar surface area (TPSA) is 56.2 Å². The SMILES string of the molecule is Cc1cn(Cc2cccc(B3OC(C)(C)C(C)(C)O3)c2)c(=O)[nH]1. The van der Waals surface area contributed by atoms with Crippen LogP contribution in [0.2, 0.25) is 0 Å². The minimum Gasteiger partial charge on any atom is -0.399 e. The maximum absolute atomic E-state index is 11.8. The van der Waals surface area contributed by atoms with E-state index in [2.05, 4.69) is 4.98 Å². The van der Waals surface area contributed by atoms with Gasteiger partial charge in [-0.3, -0.25) is 4.57 Å². The number of benzene rings is 1. The van der Waals surface area contributed by atoms with Gasteiger partial charge in [0.25, 0.3) is 0 Å². The summed E-state index contributed by atoms with van der Waals surface area (Å²) in [6.45, 7) is 10.6. The number of rotatable bonds is 3. The van der Waals surface area contributed by atoms with E-state index in [1.54, 1.807) is 4.57 Å². The molecule has 0 radical (unpaired) electrons. The maximum atomic E-state index is 11.8. The summed E-state index contributed by atoms with van der Waals surface area (Å²) in [6, 6.07) is 8.01. The van der Waals surface area contributed by atoms with E-state index in [-0.39, 0.29) is 24.0 Å². The van der Waals surface area contributed by atoms with Gasteiger partial charge in [-0.15, -0.1) is 0 Å². The Kier molecular flexibility index (Phi) is 3.77. The van der Waals surface area contributed by atoms with Gasteiger partial charge >= 0.3 is 12.8 Å². The lowest BCUT2D eigenvalue weighted by Crippen LogP contribution is -2.41. The van der Waals surface area contributed by atoms with Crippen LogP contribution in [0, 0.1) is 6.92 Å². The Morgan fingerprint density at radius 3 is 2.39 bits per heavy atom. The molecule has 0 unspecified atom stereocenters. The fourth-order valence-corrected chi connectivity index (χ4v) is 2.70. The highest BCUT2D eigenvalue weighted by Crippen LogP contribution is 2.36. The number of hydrogen-bond acceptors (Lipinski definition) is 3. The van der Waals surface area contributed by atoms with Crippen LogP contribution in [0.3, 0.4) is 0 Å². The summed E-state index contributed by atoms with van der Waals surface area (Å²) in [5.74, 6) is 0. The minimum atomic E-state index is -0.385. The van der Waals surface area contributed by atoms with Gasteiger partial charge in [-0.1, -0.05) is 24.3 Å². The number of hydrogen-bond donors (Lipinski definition) is 1. The second-order valence-electron chi connectivity index (χ2n) is 7.20. The number of aromatic nitrogens is 2. The highest BCUT2D eigenvalue weighted by Gasteiger charge is 2.51. The monoisotopic (exact) mass is 314 g/mol. The van der Waals surface area contributed by atoms with Gasteiger partial charge in [0.1, 0.15) is 0 Å². The standard InChI is InChI=1S/C17H23BN2O3/c1-12-10-20(15(21)19-12)11-13-7-6-8-14(9-13)18-22-16(2,3)17(4,5)23-18/h6-10H,11H2,1-5H3,(H,19,21). The summed E-state index contributed by atoms with van der Waals surface area (Å²) >= 11 is 0. The molecule has 0 saturated carbocycles. The molecule has 0 bridgehead atoms. The Balaban J connectivity index is 1.84. The minimum absolute atomic E-state index is 0.0939. The number of H-pyrrole nitrogens is 1. The van der Waals surface area contributed by atoms with Crippen molar-refractivity contribution in [2.45, 2.75) is 52.4 Å². The summed E-state index contributed by atoms with van der Waals surface area (Å²) < 4.78 is 13.8. The van der Waals surface area contributed by atoms with Gasteiger partial charge in [-0.25, -0.2) is 4.79 Å². The Morgan fingerprint density at radius 2 is 1.83 bits per heavy atom. The maximum Gasteiger partial charge on any atom is 0.494 e. The van der Waals surface area contributed by atoms with Crippen molar-refractivity contribution < 1.29 is 9.31 Å². The molecule has 122 valence electrons. The molecule has 1 aliphatic rings. The first-order chi connectivity index (χ1) is 10.7. The Morgan fingerprint density at radius 1 is 1.17 bits per heavy atom. The summed E-state index contributed by atoms with van der Waals surface area (Å²) in [4.78, 5) is 14.6. The van der Waals surface area contributed by atoms with Crippen molar-refractivity contribution in [1.29, 1.82) is 0 Å². The third-order valence-electron chi connectivity index (χ3n) is 4.74. The summed E-state index contributed by atoms with van der Waals surface area (Å²) in [5, 5.41) is 0. The van der Waals surface area contributed by atoms with Crippen LogP contribution >= 0.6 is 0 Å². The molecule has 2 aromatic rings. The summed E-state index contributed by atoms with van der Waals surface area (Å²) in [5.41, 5.74) is 2.06. The predicted octanol–water partition coefficient (Wildman–Crippen LogP) is 1.83. The van der Waals surface area contributed by atoms with Gasteiger partial charge in [-0.05, 0) is 45.6 Å². The Hall–Kier alpha value is -1.79. The van der Waals surface area contributed by atoms with Crippen molar-refractivity contribution >= 4 is 12.6 Å². The molecule has 1 N–H and O–H groups in total. The van der Waals surface area contributed by atoms with Crippen molar-refractivity contribution in [1.82, 2.24) is 9.55 Å². The van der Waals surface area contributed by atoms with Crippen LogP contribution in [0.1, 0.15) is 39.0 Å². The summed E-state index contributed by atoms with van der Waals surface area (Å²) in [6.07, 6.45) is 1.82. The van der Waals surface area contributed by atoms with Crippen LogP contribution in [-0.4, -0.2) is 27.9 Å². The lowest BCUT2D eigenvalue weighted by atomic mass is 9.78. The van der Waals surface area contributed by atoms with Gasteiger partial charge in [0.05, 0.1) is 17.7 Å². The van der Waals surface area contributed by atoms with E-state index in [4.69, 9.17) is 9.31 Å². The van der Waals surface area contributed by atoms with Crippen molar-refractivity contribution in [3.05, 3.63) is 52.2 Å². The molecule has 5 nitrogen and oxygen atoms in total. The van der Waals surface area contributed by atoms with Gasteiger partial charge in [0.15, 0.2) is 0 Å². The van der Waals surface area contributed by atoms with E-state index in [1.165, 1.54) is 0 Å². The molecule has 1 aromatic heterocycles. The van der Waals surface area contributed by atoms with Gasteiger partial charge in [-0.2, -0.15) is 0 Å². The van der Waals surface area contributed by atoms with E-state index >= 15 is 0 Å². The molecule has 2 heterocycles. The van der Waals surface area contributed by atoms with Crippen LogP contribution in [0.25, 0.3) is 0 Å². The van der Waals surface area contributed by atoms with Crippen molar-refractivity contribution in [2.24, 2.45) is 0 Å². The second-order valence-corrected chi connectivity index (χ2v) is 7.20. The number of aryl methyl sites for hydroxylation is 1. The van der Waals surface area contributed by atoms with Crippen LogP contribution in [0.5, 0.6) is 0 Å². The number of nitrogens with zero attached hydrogens (tertiary/aromatic N) is 1. The lowest BCUT2D eigenvalue weighted by Gasteiger charge is -2.32. The molecular weight excluding hydrogens is 291 g/mol. The van der Waals surface area contributed by atoms with Gasteiger partial charge in [0.2, 0.25) is 0 Å². The third-order valence-corrected chi connectivity index (χ3v) is 4.74. The number of aromatic amines is 1. The molecular formula is C17H23BN2O3. The van der Waals surface area contributed by atoms with E-state index in [0.717, 1.165) is 16.7 Å². The highest BCUT2D eigenvalue weighted by molar-refractivity contribution is 6.62. The van der Waals surface area contributed by atoms with Gasteiger partial charge < -0.3 is 14.3 Å². The van der Waals surface area contributed by atoms with E-state index in [0.29, 0.717) is 6.54 Å². The molecule has 1 fully saturated rings. The zero-order valence-electron chi connectivity index (χ0n) is 14.3. The average Bonchev–Trinajstić information content (AvgIpc) is 2.86. The first-order valence-electron chi connectivity index (χ1n) is 7.88. The second kappa shape index (κ2) is 5.39. The van der Waals surface area contributed by atoms with Crippen molar-refractivity contribution in [3.63, 3.8) is 0 Å². The quantitative estimate of drug-likeness (QED) is 0.880. The molecule has 6 heteroatoms. The number of nitrogens with one attached hydrogen (secondary N) is 1. The van der Waals surface area contributed by atoms with E-state index < -0.39 is 0 Å².